The number of likely N-dealkylation sites (tertiary alicyclic amines) is 1. The minimum atomic E-state index is -0.311. The van der Waals surface area contributed by atoms with Crippen LogP contribution in [0.1, 0.15) is 25.8 Å². The van der Waals surface area contributed by atoms with E-state index in [1.54, 1.807) is 0 Å². The molecule has 5 nitrogen and oxygen atoms in total. The summed E-state index contributed by atoms with van der Waals surface area (Å²) in [6.45, 7) is 5.86. The first-order valence-corrected chi connectivity index (χ1v) is 7.53. The van der Waals surface area contributed by atoms with Crippen LogP contribution >= 0.6 is 0 Å². The molecule has 21 heavy (non-hydrogen) atoms. The highest BCUT2D eigenvalue weighted by molar-refractivity contribution is 5.94. The topological polar surface area (TPSA) is 78.6 Å². The number of benzene rings is 1. The van der Waals surface area contributed by atoms with E-state index < -0.39 is 0 Å². The lowest BCUT2D eigenvalue weighted by Gasteiger charge is -2.24. The fraction of sp³-hybridized carbons (Fsp3) is 0.562. The molecule has 5 heteroatoms. The van der Waals surface area contributed by atoms with Gasteiger partial charge in [0.25, 0.3) is 0 Å². The average molecular weight is 291 g/mol. The van der Waals surface area contributed by atoms with Gasteiger partial charge in [-0.05, 0) is 50.4 Å². The van der Waals surface area contributed by atoms with Gasteiger partial charge in [0.2, 0.25) is 5.91 Å². The number of rotatable bonds is 5. The number of nitrogens with zero attached hydrogens (tertiary/aromatic N) is 1. The van der Waals surface area contributed by atoms with Crippen molar-refractivity contribution < 1.29 is 9.90 Å². The zero-order valence-electron chi connectivity index (χ0n) is 12.7. The number of aliphatic hydroxyl groups excluding tert-OH is 1. The Bertz CT molecular complexity index is 473. The van der Waals surface area contributed by atoms with Gasteiger partial charge in [-0.1, -0.05) is 12.1 Å². The second kappa shape index (κ2) is 7.02. The fourth-order valence-corrected chi connectivity index (χ4v) is 2.70. The summed E-state index contributed by atoms with van der Waals surface area (Å²) in [5.41, 5.74) is 7.38. The van der Waals surface area contributed by atoms with Crippen molar-refractivity contribution >= 4 is 11.6 Å². The summed E-state index contributed by atoms with van der Waals surface area (Å²) >= 11 is 0. The molecule has 3 atom stereocenters. The van der Waals surface area contributed by atoms with Gasteiger partial charge in [0.05, 0.1) is 12.1 Å². The van der Waals surface area contributed by atoms with Gasteiger partial charge in [0.15, 0.2) is 0 Å². The Morgan fingerprint density at radius 1 is 1.43 bits per heavy atom. The predicted octanol–water partition coefficient (Wildman–Crippen LogP) is 1.17. The zero-order chi connectivity index (χ0) is 15.4. The van der Waals surface area contributed by atoms with Gasteiger partial charge >= 0.3 is 0 Å². The van der Waals surface area contributed by atoms with Gasteiger partial charge in [-0.25, -0.2) is 0 Å². The second-order valence-corrected chi connectivity index (χ2v) is 5.85. The molecule has 0 aliphatic carbocycles. The molecular weight excluding hydrogens is 266 g/mol. The van der Waals surface area contributed by atoms with Crippen LogP contribution < -0.4 is 11.1 Å². The molecule has 116 valence electrons. The molecule has 1 heterocycles. The highest BCUT2D eigenvalue weighted by atomic mass is 16.3. The molecule has 4 N–H and O–H groups in total. The molecule has 0 bridgehead atoms. The number of nitrogens with one attached hydrogen (secondary N) is 1. The first-order valence-electron chi connectivity index (χ1n) is 7.53. The van der Waals surface area contributed by atoms with Crippen molar-refractivity contribution in [2.75, 3.05) is 18.4 Å². The fourth-order valence-electron chi connectivity index (χ4n) is 2.70. The summed E-state index contributed by atoms with van der Waals surface area (Å²) in [5, 5.41) is 12.6. The Morgan fingerprint density at radius 3 is 2.62 bits per heavy atom. The normalized spacial score (nSPS) is 22.0. The van der Waals surface area contributed by atoms with Crippen LogP contribution in [0.3, 0.4) is 0 Å². The van der Waals surface area contributed by atoms with E-state index >= 15 is 0 Å². The molecule has 1 aliphatic heterocycles. The van der Waals surface area contributed by atoms with E-state index in [-0.39, 0.29) is 24.0 Å². The molecule has 0 saturated carbocycles. The summed E-state index contributed by atoms with van der Waals surface area (Å²) in [5.74, 6) is 0.255. The number of hydrogen-bond acceptors (Lipinski definition) is 4. The summed E-state index contributed by atoms with van der Waals surface area (Å²) in [6, 6.07) is 7.38. The van der Waals surface area contributed by atoms with E-state index in [0.717, 1.165) is 30.8 Å². The molecule has 2 rings (SSSR count). The molecule has 1 saturated heterocycles. The Balaban J connectivity index is 1.90. The van der Waals surface area contributed by atoms with Gasteiger partial charge in [0, 0.05) is 18.8 Å². The van der Waals surface area contributed by atoms with E-state index in [4.69, 9.17) is 5.73 Å². The van der Waals surface area contributed by atoms with Crippen LogP contribution in [0.2, 0.25) is 0 Å². The maximum absolute atomic E-state index is 12.3. The standard InChI is InChI=1S/C16H25N3O2/c1-11(19-8-7-14(10-19)12(2)20)16(21)18-15-5-3-13(9-17)4-6-15/h3-6,11-12,14,20H,7-10,17H2,1-2H3,(H,18,21). The molecule has 1 amide bonds. The highest BCUT2D eigenvalue weighted by Gasteiger charge is 2.31. The zero-order valence-corrected chi connectivity index (χ0v) is 12.7. The van der Waals surface area contributed by atoms with Crippen molar-refractivity contribution in [2.45, 2.75) is 39.0 Å². The highest BCUT2D eigenvalue weighted by Crippen LogP contribution is 2.22. The number of carbonyl (C=O) groups is 1. The first kappa shape index (κ1) is 15.9. The third-order valence-corrected chi connectivity index (χ3v) is 4.32. The van der Waals surface area contributed by atoms with Gasteiger partial charge < -0.3 is 16.2 Å². The van der Waals surface area contributed by atoms with E-state index in [1.165, 1.54) is 0 Å². The number of nitrogens with two attached hydrogens (primary N) is 1. The molecule has 3 unspecified atom stereocenters. The van der Waals surface area contributed by atoms with Crippen LogP contribution in [0, 0.1) is 5.92 Å². The monoisotopic (exact) mass is 291 g/mol. The van der Waals surface area contributed by atoms with Gasteiger partial charge in [-0.2, -0.15) is 0 Å². The maximum Gasteiger partial charge on any atom is 0.241 e. The van der Waals surface area contributed by atoms with Gasteiger partial charge in [-0.3, -0.25) is 9.69 Å². The lowest BCUT2D eigenvalue weighted by Crippen LogP contribution is -2.41. The molecule has 0 spiro atoms. The number of carbonyl (C=O) groups excluding carboxylic acids is 1. The van der Waals surface area contributed by atoms with Crippen LogP contribution in [-0.2, 0) is 11.3 Å². The lowest BCUT2D eigenvalue weighted by molar-refractivity contribution is -0.120. The molecule has 1 aliphatic rings. The Labute approximate surface area is 126 Å². The quantitative estimate of drug-likeness (QED) is 0.761. The maximum atomic E-state index is 12.3. The summed E-state index contributed by atoms with van der Waals surface area (Å²) in [7, 11) is 0. The lowest BCUT2D eigenvalue weighted by atomic mass is 10.0. The number of amides is 1. The number of anilines is 1. The smallest absolute Gasteiger partial charge is 0.241 e. The molecule has 0 aromatic heterocycles. The summed E-state index contributed by atoms with van der Waals surface area (Å²) in [4.78, 5) is 14.4. The predicted molar refractivity (Wildman–Crippen MR) is 83.8 cm³/mol. The molecule has 1 aromatic rings. The third-order valence-electron chi connectivity index (χ3n) is 4.32. The summed E-state index contributed by atoms with van der Waals surface area (Å²) < 4.78 is 0. The third kappa shape index (κ3) is 4.03. The molecule has 1 fully saturated rings. The van der Waals surface area contributed by atoms with Crippen molar-refractivity contribution in [2.24, 2.45) is 11.7 Å². The van der Waals surface area contributed by atoms with E-state index in [0.29, 0.717) is 6.54 Å². The van der Waals surface area contributed by atoms with Crippen LogP contribution in [-0.4, -0.2) is 41.1 Å². The molecular formula is C16H25N3O2. The van der Waals surface area contributed by atoms with E-state index in [2.05, 4.69) is 10.2 Å². The van der Waals surface area contributed by atoms with Crippen LogP contribution in [0.25, 0.3) is 0 Å². The van der Waals surface area contributed by atoms with Crippen molar-refractivity contribution in [3.63, 3.8) is 0 Å². The van der Waals surface area contributed by atoms with Crippen LogP contribution in [0.5, 0.6) is 0 Å². The van der Waals surface area contributed by atoms with Crippen LogP contribution in [0.15, 0.2) is 24.3 Å². The van der Waals surface area contributed by atoms with Crippen molar-refractivity contribution in [3.8, 4) is 0 Å². The Kier molecular flexibility index (Phi) is 5.33. The minimum Gasteiger partial charge on any atom is -0.393 e. The largest absolute Gasteiger partial charge is 0.393 e. The summed E-state index contributed by atoms with van der Waals surface area (Å²) in [6.07, 6.45) is 0.634. The van der Waals surface area contributed by atoms with Crippen molar-refractivity contribution in [1.82, 2.24) is 4.90 Å². The van der Waals surface area contributed by atoms with E-state index in [9.17, 15) is 9.90 Å². The first-order chi connectivity index (χ1) is 10.0. The SMILES string of the molecule is CC(O)C1CCN(C(C)C(=O)Nc2ccc(CN)cc2)C1. The van der Waals surface area contributed by atoms with E-state index in [1.807, 2.05) is 38.1 Å². The van der Waals surface area contributed by atoms with Gasteiger partial charge in [0.1, 0.15) is 0 Å². The Hall–Kier alpha value is -1.43. The number of hydrogen-bond donors (Lipinski definition) is 3. The number of aliphatic hydroxyl groups is 1. The second-order valence-electron chi connectivity index (χ2n) is 5.85. The van der Waals surface area contributed by atoms with Crippen LogP contribution in [0.4, 0.5) is 5.69 Å². The van der Waals surface area contributed by atoms with Crippen molar-refractivity contribution in [1.29, 1.82) is 0 Å². The average Bonchev–Trinajstić information content (AvgIpc) is 2.97. The molecule has 0 radical (unpaired) electrons. The molecule has 1 aromatic carbocycles. The Morgan fingerprint density at radius 2 is 2.10 bits per heavy atom. The minimum absolute atomic E-state index is 0.0123. The van der Waals surface area contributed by atoms with Gasteiger partial charge in [-0.15, -0.1) is 0 Å². The van der Waals surface area contributed by atoms with Crippen molar-refractivity contribution in [3.05, 3.63) is 29.8 Å².